The van der Waals surface area contributed by atoms with E-state index >= 15 is 0 Å². The summed E-state index contributed by atoms with van der Waals surface area (Å²) in [5, 5.41) is 24.7. The van der Waals surface area contributed by atoms with Gasteiger partial charge in [0.25, 0.3) is 5.91 Å². The van der Waals surface area contributed by atoms with Crippen molar-refractivity contribution < 1.29 is 15.0 Å². The second kappa shape index (κ2) is 9.05. The Morgan fingerprint density at radius 3 is 2.64 bits per heavy atom. The molecule has 0 unspecified atom stereocenters. The van der Waals surface area contributed by atoms with Crippen LogP contribution in [-0.2, 0) is 6.54 Å². The fourth-order valence-corrected chi connectivity index (χ4v) is 3.28. The zero-order chi connectivity index (χ0) is 20.1. The van der Waals surface area contributed by atoms with Crippen LogP contribution in [0.15, 0.2) is 41.5 Å². The maximum Gasteiger partial charge on any atom is 0.275 e. The molecule has 0 spiro atoms. The van der Waals surface area contributed by atoms with Crippen LogP contribution in [-0.4, -0.2) is 65.4 Å². The number of hydrazone groups is 1. The Morgan fingerprint density at radius 2 is 1.93 bits per heavy atom. The number of halogens is 1. The van der Waals surface area contributed by atoms with E-state index in [4.69, 9.17) is 11.6 Å². The molecule has 1 heterocycles. The average Bonchev–Trinajstić information content (AvgIpc) is 2.67. The minimum Gasteiger partial charge on any atom is -0.507 e. The molecule has 8 heteroatoms. The molecule has 2 aromatic carbocycles. The summed E-state index contributed by atoms with van der Waals surface area (Å²) in [5.74, 6) is -0.590. The number of nitrogens with one attached hydrogen (secondary N) is 1. The number of phenolic OH excluding ortho intramolecular Hbond substituents is 2. The molecule has 1 amide bonds. The van der Waals surface area contributed by atoms with E-state index in [1.807, 2.05) is 0 Å². The lowest BCUT2D eigenvalue weighted by molar-refractivity contribution is 0.0952. The molecule has 7 nitrogen and oxygen atoms in total. The average molecular weight is 403 g/mol. The van der Waals surface area contributed by atoms with Crippen LogP contribution in [0.2, 0.25) is 5.02 Å². The highest BCUT2D eigenvalue weighted by Gasteiger charge is 2.17. The number of aromatic hydroxyl groups is 2. The van der Waals surface area contributed by atoms with Crippen LogP contribution in [0.3, 0.4) is 0 Å². The molecule has 0 saturated carbocycles. The number of rotatable bonds is 5. The van der Waals surface area contributed by atoms with Crippen LogP contribution in [0.1, 0.15) is 21.5 Å². The smallest absolute Gasteiger partial charge is 0.275 e. The first kappa shape index (κ1) is 20.1. The summed E-state index contributed by atoms with van der Waals surface area (Å²) < 4.78 is 0. The molecule has 0 atom stereocenters. The van der Waals surface area contributed by atoms with Gasteiger partial charge >= 0.3 is 0 Å². The van der Waals surface area contributed by atoms with E-state index < -0.39 is 5.91 Å². The van der Waals surface area contributed by atoms with E-state index in [2.05, 4.69) is 27.4 Å². The zero-order valence-corrected chi connectivity index (χ0v) is 16.4. The van der Waals surface area contributed by atoms with Crippen molar-refractivity contribution in [3.05, 3.63) is 58.1 Å². The number of likely N-dealkylation sites (N-methyl/N-ethyl adjacent to an activating group) is 1. The number of carbonyl (C=O) groups excluding carboxylic acids is 1. The Balaban J connectivity index is 1.70. The second-order valence-corrected chi connectivity index (χ2v) is 7.23. The molecule has 0 radical (unpaired) electrons. The fraction of sp³-hybridized carbons (Fsp3) is 0.300. The van der Waals surface area contributed by atoms with Crippen molar-refractivity contribution in [2.75, 3.05) is 33.2 Å². The first-order valence-corrected chi connectivity index (χ1v) is 9.35. The number of para-hydroxylation sites is 1. The molecule has 3 rings (SSSR count). The van der Waals surface area contributed by atoms with Gasteiger partial charge < -0.3 is 15.1 Å². The molecule has 1 aliphatic rings. The number of phenols is 2. The minimum absolute atomic E-state index is 0.0869. The van der Waals surface area contributed by atoms with Gasteiger partial charge in [-0.15, -0.1) is 0 Å². The van der Waals surface area contributed by atoms with Gasteiger partial charge in [0.05, 0.1) is 11.8 Å². The quantitative estimate of drug-likeness (QED) is 0.527. The standard InChI is InChI=1S/C20H23ClN4O3/c1-24-6-8-25(9-7-24)13-15-11-16(21)10-14(19(15)27)12-22-23-20(28)17-4-2-3-5-18(17)26/h2-5,10-12,26-27H,6-9,13H2,1H3,(H,23,28)/b22-12+. The van der Waals surface area contributed by atoms with Gasteiger partial charge in [-0.2, -0.15) is 5.10 Å². The fourth-order valence-electron chi connectivity index (χ4n) is 3.03. The number of carbonyl (C=O) groups is 1. The van der Waals surface area contributed by atoms with E-state index in [0.717, 1.165) is 26.2 Å². The van der Waals surface area contributed by atoms with E-state index in [-0.39, 0.29) is 17.1 Å². The number of piperazine rings is 1. The van der Waals surface area contributed by atoms with Crippen LogP contribution in [0.5, 0.6) is 11.5 Å². The minimum atomic E-state index is -0.548. The number of benzene rings is 2. The van der Waals surface area contributed by atoms with Gasteiger partial charge in [-0.05, 0) is 31.3 Å². The van der Waals surface area contributed by atoms with Gasteiger partial charge in [0.2, 0.25) is 0 Å². The van der Waals surface area contributed by atoms with Crippen molar-refractivity contribution in [3.63, 3.8) is 0 Å². The molecule has 1 saturated heterocycles. The molecule has 1 fully saturated rings. The summed E-state index contributed by atoms with van der Waals surface area (Å²) in [7, 11) is 2.09. The van der Waals surface area contributed by atoms with Gasteiger partial charge in [-0.1, -0.05) is 23.7 Å². The third kappa shape index (κ3) is 5.01. The van der Waals surface area contributed by atoms with Crippen molar-refractivity contribution in [2.24, 2.45) is 5.10 Å². The van der Waals surface area contributed by atoms with Crippen molar-refractivity contribution in [1.82, 2.24) is 15.2 Å². The van der Waals surface area contributed by atoms with Gasteiger partial charge in [0.15, 0.2) is 0 Å². The first-order valence-electron chi connectivity index (χ1n) is 8.97. The Bertz CT molecular complexity index is 880. The van der Waals surface area contributed by atoms with Crippen LogP contribution in [0.4, 0.5) is 0 Å². The zero-order valence-electron chi connectivity index (χ0n) is 15.6. The Hall–Kier alpha value is -2.61. The normalized spacial score (nSPS) is 15.8. The molecule has 148 valence electrons. The van der Waals surface area contributed by atoms with Crippen molar-refractivity contribution in [3.8, 4) is 11.5 Å². The van der Waals surface area contributed by atoms with Crippen LogP contribution >= 0.6 is 11.6 Å². The van der Waals surface area contributed by atoms with Crippen LogP contribution in [0, 0.1) is 0 Å². The first-order chi connectivity index (χ1) is 13.4. The summed E-state index contributed by atoms with van der Waals surface area (Å²) in [5.41, 5.74) is 3.58. The van der Waals surface area contributed by atoms with E-state index in [9.17, 15) is 15.0 Å². The number of nitrogens with zero attached hydrogens (tertiary/aromatic N) is 3. The Labute approximate surface area is 168 Å². The van der Waals surface area contributed by atoms with Crippen molar-refractivity contribution in [2.45, 2.75) is 6.54 Å². The number of amides is 1. The van der Waals surface area contributed by atoms with Gasteiger partial charge in [-0.3, -0.25) is 9.69 Å². The molecular weight excluding hydrogens is 380 g/mol. The predicted octanol–water partition coefficient (Wildman–Crippen LogP) is 2.26. The highest BCUT2D eigenvalue weighted by atomic mass is 35.5. The van der Waals surface area contributed by atoms with Gasteiger partial charge in [0.1, 0.15) is 11.5 Å². The van der Waals surface area contributed by atoms with Crippen LogP contribution < -0.4 is 5.43 Å². The predicted molar refractivity (Wildman–Crippen MR) is 109 cm³/mol. The molecule has 3 N–H and O–H groups in total. The number of hydrogen-bond acceptors (Lipinski definition) is 6. The maximum absolute atomic E-state index is 12.1. The van der Waals surface area contributed by atoms with Crippen LogP contribution in [0.25, 0.3) is 0 Å². The lowest BCUT2D eigenvalue weighted by Crippen LogP contribution is -2.43. The summed E-state index contributed by atoms with van der Waals surface area (Å²) in [6.07, 6.45) is 1.34. The Kier molecular flexibility index (Phi) is 6.51. The highest BCUT2D eigenvalue weighted by molar-refractivity contribution is 6.31. The van der Waals surface area contributed by atoms with E-state index in [1.54, 1.807) is 24.3 Å². The van der Waals surface area contributed by atoms with Crippen molar-refractivity contribution in [1.29, 1.82) is 0 Å². The topological polar surface area (TPSA) is 88.4 Å². The third-order valence-corrected chi connectivity index (χ3v) is 4.91. The van der Waals surface area contributed by atoms with E-state index in [1.165, 1.54) is 18.3 Å². The molecule has 1 aliphatic heterocycles. The van der Waals surface area contributed by atoms with E-state index in [0.29, 0.717) is 22.7 Å². The van der Waals surface area contributed by atoms with Crippen molar-refractivity contribution >= 4 is 23.7 Å². The molecule has 2 aromatic rings. The summed E-state index contributed by atoms with van der Waals surface area (Å²) in [6, 6.07) is 9.51. The highest BCUT2D eigenvalue weighted by Crippen LogP contribution is 2.27. The Morgan fingerprint density at radius 1 is 1.21 bits per heavy atom. The third-order valence-electron chi connectivity index (χ3n) is 4.69. The molecule has 28 heavy (non-hydrogen) atoms. The van der Waals surface area contributed by atoms with Gasteiger partial charge in [-0.25, -0.2) is 5.43 Å². The summed E-state index contributed by atoms with van der Waals surface area (Å²) in [4.78, 5) is 16.6. The monoisotopic (exact) mass is 402 g/mol. The lowest BCUT2D eigenvalue weighted by atomic mass is 10.1. The van der Waals surface area contributed by atoms with Gasteiger partial charge in [0, 0.05) is 48.9 Å². The molecule has 0 aliphatic carbocycles. The molecular formula is C20H23ClN4O3. The lowest BCUT2D eigenvalue weighted by Gasteiger charge is -2.32. The summed E-state index contributed by atoms with van der Waals surface area (Å²) in [6.45, 7) is 4.39. The summed E-state index contributed by atoms with van der Waals surface area (Å²) >= 11 is 6.20. The SMILES string of the molecule is CN1CCN(Cc2cc(Cl)cc(/C=N/NC(=O)c3ccccc3O)c2O)CC1. The maximum atomic E-state index is 12.1. The molecule has 0 bridgehead atoms. The number of hydrogen-bond donors (Lipinski definition) is 3. The molecule has 0 aromatic heterocycles. The second-order valence-electron chi connectivity index (χ2n) is 6.80. The largest absolute Gasteiger partial charge is 0.507 e.